The number of carbonyl (C=O) groups excluding carboxylic acids is 1. The molecule has 0 spiro atoms. The highest BCUT2D eigenvalue weighted by Crippen LogP contribution is 2.22. The van der Waals surface area contributed by atoms with Crippen LogP contribution in [-0.4, -0.2) is 37.7 Å². The Morgan fingerprint density at radius 3 is 2.56 bits per heavy atom. The molecule has 18 heavy (non-hydrogen) atoms. The molecule has 1 aliphatic carbocycles. The average molecular weight is 256 g/mol. The maximum absolute atomic E-state index is 11.9. The van der Waals surface area contributed by atoms with Gasteiger partial charge in [-0.1, -0.05) is 33.1 Å². The van der Waals surface area contributed by atoms with E-state index in [0.29, 0.717) is 12.6 Å². The number of rotatable bonds is 8. The van der Waals surface area contributed by atoms with Gasteiger partial charge in [0, 0.05) is 13.1 Å². The van der Waals surface area contributed by atoms with Crippen LogP contribution in [0, 0.1) is 0 Å². The van der Waals surface area contributed by atoms with E-state index >= 15 is 0 Å². The maximum Gasteiger partial charge on any atom is 0.249 e. The first-order valence-electron chi connectivity index (χ1n) is 7.41. The lowest BCUT2D eigenvalue weighted by Gasteiger charge is -2.26. The van der Waals surface area contributed by atoms with Crippen molar-refractivity contribution in [2.75, 3.05) is 19.6 Å². The highest BCUT2D eigenvalue weighted by atomic mass is 16.5. The van der Waals surface area contributed by atoms with E-state index < -0.39 is 0 Å². The predicted molar refractivity (Wildman–Crippen MR) is 73.6 cm³/mol. The normalized spacial score (nSPS) is 18.6. The zero-order valence-electron chi connectivity index (χ0n) is 11.8. The molecule has 1 amide bonds. The summed E-state index contributed by atoms with van der Waals surface area (Å²) in [6.07, 6.45) is 6.79. The van der Waals surface area contributed by atoms with E-state index in [9.17, 15) is 4.79 Å². The molecule has 0 radical (unpaired) electrons. The van der Waals surface area contributed by atoms with Crippen LogP contribution in [-0.2, 0) is 9.53 Å². The lowest BCUT2D eigenvalue weighted by Crippen LogP contribution is -2.41. The number of ether oxygens (including phenoxy) is 1. The van der Waals surface area contributed by atoms with Gasteiger partial charge in [0.05, 0.1) is 6.10 Å². The van der Waals surface area contributed by atoms with E-state index in [1.165, 1.54) is 19.3 Å². The summed E-state index contributed by atoms with van der Waals surface area (Å²) < 4.78 is 5.93. The number of hydrogen-bond acceptors (Lipinski definition) is 3. The molecule has 1 saturated carbocycles. The fourth-order valence-electron chi connectivity index (χ4n) is 2.34. The largest absolute Gasteiger partial charge is 0.365 e. The summed E-state index contributed by atoms with van der Waals surface area (Å²) in [5, 5.41) is 6.12. The van der Waals surface area contributed by atoms with Gasteiger partial charge in [0.15, 0.2) is 0 Å². The van der Waals surface area contributed by atoms with Crippen molar-refractivity contribution in [1.29, 1.82) is 0 Å². The molecular weight excluding hydrogens is 228 g/mol. The van der Waals surface area contributed by atoms with Crippen LogP contribution in [0.5, 0.6) is 0 Å². The van der Waals surface area contributed by atoms with Gasteiger partial charge in [0.25, 0.3) is 0 Å². The number of nitrogens with one attached hydrogen (secondary N) is 2. The van der Waals surface area contributed by atoms with Crippen LogP contribution in [0.15, 0.2) is 0 Å². The quantitative estimate of drug-likeness (QED) is 0.652. The molecule has 1 atom stereocenters. The highest BCUT2D eigenvalue weighted by molar-refractivity contribution is 5.80. The molecule has 1 unspecified atom stereocenters. The van der Waals surface area contributed by atoms with Crippen LogP contribution in [0.25, 0.3) is 0 Å². The van der Waals surface area contributed by atoms with E-state index in [2.05, 4.69) is 17.6 Å². The number of hydrogen-bond donors (Lipinski definition) is 2. The lowest BCUT2D eigenvalue weighted by atomic mass is 9.97. The lowest BCUT2D eigenvalue weighted by molar-refractivity contribution is -0.138. The van der Waals surface area contributed by atoms with Crippen molar-refractivity contribution in [3.05, 3.63) is 0 Å². The summed E-state index contributed by atoms with van der Waals surface area (Å²) in [7, 11) is 0. The summed E-state index contributed by atoms with van der Waals surface area (Å²) in [4.78, 5) is 11.9. The zero-order chi connectivity index (χ0) is 13.2. The Morgan fingerprint density at radius 2 is 1.94 bits per heavy atom. The minimum absolute atomic E-state index is 0.0426. The molecule has 0 aromatic heterocycles. The van der Waals surface area contributed by atoms with E-state index in [0.717, 1.165) is 32.4 Å². The zero-order valence-corrected chi connectivity index (χ0v) is 11.8. The monoisotopic (exact) mass is 256 g/mol. The third-order valence-electron chi connectivity index (χ3n) is 3.42. The molecule has 1 aliphatic rings. The molecule has 0 saturated heterocycles. The second-order valence-corrected chi connectivity index (χ2v) is 4.94. The summed E-state index contributed by atoms with van der Waals surface area (Å²) in [5.74, 6) is 0.0426. The topological polar surface area (TPSA) is 50.4 Å². The molecule has 0 heterocycles. The van der Waals surface area contributed by atoms with Gasteiger partial charge >= 0.3 is 0 Å². The molecule has 0 bridgehead atoms. The smallest absolute Gasteiger partial charge is 0.249 e. The third kappa shape index (κ3) is 5.83. The summed E-state index contributed by atoms with van der Waals surface area (Å²) in [6, 6.07) is 0. The standard InChI is InChI=1S/C14H28N2O2/c1-3-13(14(17)16-11-10-15-4-2)18-12-8-6-5-7-9-12/h12-13,15H,3-11H2,1-2H3,(H,16,17). The van der Waals surface area contributed by atoms with Crippen molar-refractivity contribution in [1.82, 2.24) is 10.6 Å². The second kappa shape index (κ2) is 9.34. The molecule has 0 aliphatic heterocycles. The molecular formula is C14H28N2O2. The summed E-state index contributed by atoms with van der Waals surface area (Å²) >= 11 is 0. The Balaban J connectivity index is 2.23. The average Bonchev–Trinajstić information content (AvgIpc) is 2.42. The van der Waals surface area contributed by atoms with Gasteiger partial charge in [0.2, 0.25) is 5.91 Å². The number of amides is 1. The fraction of sp³-hybridized carbons (Fsp3) is 0.929. The minimum atomic E-state index is -0.269. The van der Waals surface area contributed by atoms with Gasteiger partial charge < -0.3 is 15.4 Å². The third-order valence-corrected chi connectivity index (χ3v) is 3.42. The highest BCUT2D eigenvalue weighted by Gasteiger charge is 2.22. The fourth-order valence-corrected chi connectivity index (χ4v) is 2.34. The molecule has 4 nitrogen and oxygen atoms in total. The minimum Gasteiger partial charge on any atom is -0.365 e. The van der Waals surface area contributed by atoms with Crippen LogP contribution in [0.1, 0.15) is 52.4 Å². The van der Waals surface area contributed by atoms with E-state index in [1.807, 2.05) is 6.92 Å². The van der Waals surface area contributed by atoms with Gasteiger partial charge in [0.1, 0.15) is 6.10 Å². The van der Waals surface area contributed by atoms with Gasteiger partial charge in [-0.2, -0.15) is 0 Å². The Morgan fingerprint density at radius 1 is 1.22 bits per heavy atom. The van der Waals surface area contributed by atoms with Crippen LogP contribution in [0.4, 0.5) is 0 Å². The first-order chi connectivity index (χ1) is 8.77. The summed E-state index contributed by atoms with van der Waals surface area (Å²) in [5.41, 5.74) is 0. The summed E-state index contributed by atoms with van der Waals surface area (Å²) in [6.45, 7) is 6.51. The second-order valence-electron chi connectivity index (χ2n) is 4.94. The molecule has 0 aromatic carbocycles. The number of carbonyl (C=O) groups is 1. The molecule has 0 aromatic rings. The van der Waals surface area contributed by atoms with Gasteiger partial charge in [-0.15, -0.1) is 0 Å². The van der Waals surface area contributed by atoms with Gasteiger partial charge in [-0.05, 0) is 25.8 Å². The van der Waals surface area contributed by atoms with Crippen LogP contribution < -0.4 is 10.6 Å². The Hall–Kier alpha value is -0.610. The van der Waals surface area contributed by atoms with Crippen LogP contribution in [0.3, 0.4) is 0 Å². The van der Waals surface area contributed by atoms with E-state index in [4.69, 9.17) is 4.74 Å². The molecule has 1 rings (SSSR count). The first kappa shape index (κ1) is 15.4. The van der Waals surface area contributed by atoms with Crippen LogP contribution in [0.2, 0.25) is 0 Å². The molecule has 4 heteroatoms. The first-order valence-corrected chi connectivity index (χ1v) is 7.41. The van der Waals surface area contributed by atoms with Crippen molar-refractivity contribution in [3.63, 3.8) is 0 Å². The van der Waals surface area contributed by atoms with Crippen molar-refractivity contribution in [3.8, 4) is 0 Å². The molecule has 1 fully saturated rings. The Kier molecular flexibility index (Phi) is 8.01. The van der Waals surface area contributed by atoms with Crippen molar-refractivity contribution in [2.45, 2.75) is 64.6 Å². The molecule has 106 valence electrons. The van der Waals surface area contributed by atoms with Gasteiger partial charge in [-0.3, -0.25) is 4.79 Å². The SMILES string of the molecule is CCNCCNC(=O)C(CC)OC1CCCCC1. The Bertz CT molecular complexity index is 228. The van der Waals surface area contributed by atoms with E-state index in [1.54, 1.807) is 0 Å². The van der Waals surface area contributed by atoms with E-state index in [-0.39, 0.29) is 12.0 Å². The molecule has 2 N–H and O–H groups in total. The van der Waals surface area contributed by atoms with Gasteiger partial charge in [-0.25, -0.2) is 0 Å². The van der Waals surface area contributed by atoms with Crippen LogP contribution >= 0.6 is 0 Å². The maximum atomic E-state index is 11.9. The predicted octanol–water partition coefficient (Wildman–Crippen LogP) is 1.84. The Labute approximate surface area is 111 Å². The van der Waals surface area contributed by atoms with Crippen molar-refractivity contribution in [2.24, 2.45) is 0 Å². The van der Waals surface area contributed by atoms with Crippen molar-refractivity contribution < 1.29 is 9.53 Å². The van der Waals surface area contributed by atoms with Crippen molar-refractivity contribution >= 4 is 5.91 Å². The number of likely N-dealkylation sites (N-methyl/N-ethyl adjacent to an activating group) is 1.